The molecular formula is C6H7FN2. The zero-order valence-electron chi connectivity index (χ0n) is 4.89. The molecule has 1 rings (SSSR count). The first-order chi connectivity index (χ1) is 4.29. The fourth-order valence-electron chi connectivity index (χ4n) is 0.596. The van der Waals surface area contributed by atoms with Gasteiger partial charge in [0.15, 0.2) is 0 Å². The van der Waals surface area contributed by atoms with Gasteiger partial charge in [0.05, 0.1) is 12.0 Å². The molecule has 0 bridgehead atoms. The number of aromatic nitrogens is 2. The van der Waals surface area contributed by atoms with Crippen LogP contribution in [0.4, 0.5) is 4.39 Å². The van der Waals surface area contributed by atoms with Crippen LogP contribution in [0.2, 0.25) is 0 Å². The van der Waals surface area contributed by atoms with Crippen molar-refractivity contribution in [1.82, 2.24) is 10.2 Å². The summed E-state index contributed by atoms with van der Waals surface area (Å²) in [6, 6.07) is 0. The van der Waals surface area contributed by atoms with Crippen molar-refractivity contribution in [3.63, 3.8) is 0 Å². The lowest BCUT2D eigenvalue weighted by molar-refractivity contribution is 0.617. The molecule has 0 aliphatic rings. The van der Waals surface area contributed by atoms with E-state index in [0.29, 0.717) is 0 Å². The molecule has 3 heteroatoms. The van der Waals surface area contributed by atoms with E-state index in [2.05, 4.69) is 16.8 Å². The van der Waals surface area contributed by atoms with Crippen LogP contribution in [0.25, 0.3) is 0 Å². The lowest BCUT2D eigenvalue weighted by atomic mass is 10.2. The Kier molecular flexibility index (Phi) is 1.63. The van der Waals surface area contributed by atoms with Crippen molar-refractivity contribution in [3.05, 3.63) is 30.4 Å². The highest BCUT2D eigenvalue weighted by Gasteiger charge is 1.94. The van der Waals surface area contributed by atoms with Gasteiger partial charge < -0.3 is 0 Å². The van der Waals surface area contributed by atoms with Crippen LogP contribution in [0.5, 0.6) is 0 Å². The molecule has 0 radical (unpaired) electrons. The average molecular weight is 126 g/mol. The van der Waals surface area contributed by atoms with Gasteiger partial charge in [-0.1, -0.05) is 6.58 Å². The molecule has 48 valence electrons. The number of rotatable bonds is 2. The molecule has 1 aromatic heterocycles. The lowest BCUT2D eigenvalue weighted by Crippen LogP contribution is -1.78. The third kappa shape index (κ3) is 1.68. The summed E-state index contributed by atoms with van der Waals surface area (Å²) in [7, 11) is 0. The molecule has 9 heavy (non-hydrogen) atoms. The summed E-state index contributed by atoms with van der Waals surface area (Å²) < 4.78 is 12.0. The molecule has 1 N–H and O–H groups in total. The van der Waals surface area contributed by atoms with Gasteiger partial charge in [0.2, 0.25) is 0 Å². The monoisotopic (exact) mass is 126 g/mol. The van der Waals surface area contributed by atoms with E-state index in [1.165, 1.54) is 0 Å². The Bertz CT molecular complexity index is 191. The quantitative estimate of drug-likeness (QED) is 0.638. The summed E-state index contributed by atoms with van der Waals surface area (Å²) >= 11 is 0. The summed E-state index contributed by atoms with van der Waals surface area (Å²) in [5.74, 6) is -0.337. The van der Waals surface area contributed by atoms with E-state index >= 15 is 0 Å². The minimum absolute atomic E-state index is 0.260. The van der Waals surface area contributed by atoms with Crippen molar-refractivity contribution in [3.8, 4) is 0 Å². The Labute approximate surface area is 52.4 Å². The number of H-pyrrole nitrogens is 1. The highest BCUT2D eigenvalue weighted by molar-refractivity contribution is 5.09. The van der Waals surface area contributed by atoms with Crippen molar-refractivity contribution in [1.29, 1.82) is 0 Å². The predicted octanol–water partition coefficient (Wildman–Crippen LogP) is 1.44. The molecule has 0 aromatic carbocycles. The minimum Gasteiger partial charge on any atom is -0.285 e. The van der Waals surface area contributed by atoms with Gasteiger partial charge in [0, 0.05) is 12.6 Å². The number of nitrogens with zero attached hydrogens (tertiary/aromatic N) is 1. The third-order valence-corrected chi connectivity index (χ3v) is 0.951. The molecule has 2 nitrogen and oxygen atoms in total. The molecule has 0 atom stereocenters. The first kappa shape index (κ1) is 6.01. The van der Waals surface area contributed by atoms with Crippen molar-refractivity contribution in [2.24, 2.45) is 0 Å². The van der Waals surface area contributed by atoms with Gasteiger partial charge in [0.25, 0.3) is 0 Å². The third-order valence-electron chi connectivity index (χ3n) is 0.951. The summed E-state index contributed by atoms with van der Waals surface area (Å²) in [4.78, 5) is 0. The number of allylic oxidation sites excluding steroid dienone is 1. The predicted molar refractivity (Wildman–Crippen MR) is 32.5 cm³/mol. The molecule has 1 heterocycles. The number of aromatic amines is 1. The Morgan fingerprint density at radius 1 is 1.89 bits per heavy atom. The topological polar surface area (TPSA) is 28.7 Å². The summed E-state index contributed by atoms with van der Waals surface area (Å²) in [5.41, 5.74) is 0.822. The van der Waals surface area contributed by atoms with Crippen molar-refractivity contribution in [2.45, 2.75) is 6.42 Å². The van der Waals surface area contributed by atoms with Crippen LogP contribution in [0.1, 0.15) is 5.56 Å². The fourth-order valence-corrected chi connectivity index (χ4v) is 0.596. The molecule has 1 aromatic rings. The highest BCUT2D eigenvalue weighted by Crippen LogP contribution is 2.03. The number of hydrogen-bond donors (Lipinski definition) is 1. The largest absolute Gasteiger partial charge is 0.285 e. The molecule has 0 aliphatic carbocycles. The van der Waals surface area contributed by atoms with E-state index in [0.717, 1.165) is 5.56 Å². The second-order valence-corrected chi connectivity index (χ2v) is 1.80. The van der Waals surface area contributed by atoms with Gasteiger partial charge in [-0.05, 0) is 5.56 Å². The maximum absolute atomic E-state index is 12.0. The Morgan fingerprint density at radius 3 is 3.11 bits per heavy atom. The van der Waals surface area contributed by atoms with Crippen molar-refractivity contribution >= 4 is 0 Å². The fraction of sp³-hybridized carbons (Fsp3) is 0.167. The maximum Gasteiger partial charge on any atom is 0.0972 e. The van der Waals surface area contributed by atoms with Crippen LogP contribution in [0.15, 0.2) is 24.8 Å². The Balaban J connectivity index is 2.58. The van der Waals surface area contributed by atoms with E-state index in [1.54, 1.807) is 12.4 Å². The van der Waals surface area contributed by atoms with Crippen LogP contribution >= 0.6 is 0 Å². The van der Waals surface area contributed by atoms with Gasteiger partial charge in [-0.2, -0.15) is 5.10 Å². The second kappa shape index (κ2) is 2.44. The molecule has 0 spiro atoms. The van der Waals surface area contributed by atoms with Crippen LogP contribution in [-0.4, -0.2) is 10.2 Å². The minimum atomic E-state index is -0.337. The first-order valence-corrected chi connectivity index (χ1v) is 2.60. The molecule has 0 aliphatic heterocycles. The molecule has 0 saturated heterocycles. The zero-order chi connectivity index (χ0) is 6.69. The standard InChI is InChI=1S/C6H7FN2/c1-5(7)2-6-3-8-9-4-6/h3-4H,1-2H2,(H,8,9). The zero-order valence-corrected chi connectivity index (χ0v) is 4.89. The Hall–Kier alpha value is -1.12. The normalized spacial score (nSPS) is 9.44. The van der Waals surface area contributed by atoms with E-state index < -0.39 is 0 Å². The smallest absolute Gasteiger partial charge is 0.0972 e. The first-order valence-electron chi connectivity index (χ1n) is 2.60. The summed E-state index contributed by atoms with van der Waals surface area (Å²) in [6.07, 6.45) is 3.48. The summed E-state index contributed by atoms with van der Waals surface area (Å²) in [6.45, 7) is 3.12. The van der Waals surface area contributed by atoms with Gasteiger partial charge in [0.1, 0.15) is 0 Å². The van der Waals surface area contributed by atoms with E-state index in [-0.39, 0.29) is 12.2 Å². The van der Waals surface area contributed by atoms with Gasteiger partial charge in [-0.3, -0.25) is 5.10 Å². The Morgan fingerprint density at radius 2 is 2.67 bits per heavy atom. The molecule has 0 amide bonds. The van der Waals surface area contributed by atoms with Gasteiger partial charge in [-0.15, -0.1) is 0 Å². The lowest BCUT2D eigenvalue weighted by Gasteiger charge is -1.86. The van der Waals surface area contributed by atoms with Crippen LogP contribution in [0, 0.1) is 0 Å². The van der Waals surface area contributed by atoms with Crippen molar-refractivity contribution < 1.29 is 4.39 Å². The van der Waals surface area contributed by atoms with Crippen molar-refractivity contribution in [2.75, 3.05) is 0 Å². The van der Waals surface area contributed by atoms with Gasteiger partial charge in [-0.25, -0.2) is 4.39 Å². The molecule has 0 unspecified atom stereocenters. The number of nitrogens with one attached hydrogen (secondary N) is 1. The van der Waals surface area contributed by atoms with E-state index in [4.69, 9.17) is 0 Å². The van der Waals surface area contributed by atoms with Crippen LogP contribution < -0.4 is 0 Å². The van der Waals surface area contributed by atoms with Crippen LogP contribution in [-0.2, 0) is 6.42 Å². The highest BCUT2D eigenvalue weighted by atomic mass is 19.1. The maximum atomic E-state index is 12.0. The molecular weight excluding hydrogens is 119 g/mol. The van der Waals surface area contributed by atoms with E-state index in [1.807, 2.05) is 0 Å². The average Bonchev–Trinajstić information content (AvgIpc) is 2.15. The number of halogens is 1. The van der Waals surface area contributed by atoms with E-state index in [9.17, 15) is 4.39 Å². The second-order valence-electron chi connectivity index (χ2n) is 1.80. The van der Waals surface area contributed by atoms with Crippen LogP contribution in [0.3, 0.4) is 0 Å². The SMILES string of the molecule is C=C(F)Cc1cn[nH]c1. The van der Waals surface area contributed by atoms with Gasteiger partial charge >= 0.3 is 0 Å². The number of hydrogen-bond acceptors (Lipinski definition) is 1. The molecule has 0 saturated carbocycles. The molecule has 0 fully saturated rings. The summed E-state index contributed by atoms with van der Waals surface area (Å²) in [5, 5.41) is 6.22.